The zero-order valence-electron chi connectivity index (χ0n) is 10.0. The number of hydrogen-bond donors (Lipinski definition) is 0. The fourth-order valence-corrected chi connectivity index (χ4v) is 1.16. The van der Waals surface area contributed by atoms with Crippen LogP contribution in [0.15, 0.2) is 0 Å². The molecule has 0 aliphatic heterocycles. The molecule has 0 aliphatic rings. The van der Waals surface area contributed by atoms with Crippen LogP contribution in [0.2, 0.25) is 0 Å². The van der Waals surface area contributed by atoms with Crippen molar-refractivity contribution in [2.24, 2.45) is 0 Å². The minimum absolute atomic E-state index is 0.684. The Labute approximate surface area is 83.9 Å². The third-order valence-electron chi connectivity index (χ3n) is 2.72. The Bertz CT molecular complexity index is 113. The van der Waals surface area contributed by atoms with Crippen molar-refractivity contribution in [1.29, 1.82) is 0 Å². The first-order valence-electron chi connectivity index (χ1n) is 5.46. The molecule has 0 radical (unpaired) electrons. The topological polar surface area (TPSA) is 6.48 Å². The van der Waals surface area contributed by atoms with Gasteiger partial charge < -0.3 is 9.80 Å². The molecule has 0 unspecified atom stereocenters. The minimum atomic E-state index is 0.684. The molecule has 0 aromatic rings. The Morgan fingerprint density at radius 3 is 2.00 bits per heavy atom. The molecule has 80 valence electrons. The minimum Gasteiger partial charge on any atom is -0.307 e. The second-order valence-corrected chi connectivity index (χ2v) is 4.18. The number of hydrogen-bond acceptors (Lipinski definition) is 2. The molecule has 0 aliphatic carbocycles. The van der Waals surface area contributed by atoms with Crippen molar-refractivity contribution >= 4 is 0 Å². The summed E-state index contributed by atoms with van der Waals surface area (Å²) >= 11 is 0. The highest BCUT2D eigenvalue weighted by molar-refractivity contribution is 4.57. The maximum absolute atomic E-state index is 2.41. The fraction of sp³-hybridized carbons (Fsp3) is 1.00. The van der Waals surface area contributed by atoms with E-state index in [9.17, 15) is 0 Å². The Hall–Kier alpha value is -0.0800. The van der Waals surface area contributed by atoms with Crippen LogP contribution < -0.4 is 0 Å². The molecule has 0 amide bonds. The first-order chi connectivity index (χ1) is 6.07. The van der Waals surface area contributed by atoms with Crippen molar-refractivity contribution in [3.05, 3.63) is 0 Å². The number of rotatable bonds is 7. The summed E-state index contributed by atoms with van der Waals surface area (Å²) in [6.07, 6.45) is 2.64. The molecule has 0 spiro atoms. The molecule has 0 saturated heterocycles. The van der Waals surface area contributed by atoms with E-state index in [1.807, 2.05) is 0 Å². The van der Waals surface area contributed by atoms with Gasteiger partial charge in [0.15, 0.2) is 0 Å². The summed E-state index contributed by atoms with van der Waals surface area (Å²) < 4.78 is 0. The van der Waals surface area contributed by atoms with E-state index in [1.165, 1.54) is 32.5 Å². The second-order valence-electron chi connectivity index (χ2n) is 4.18. The van der Waals surface area contributed by atoms with Gasteiger partial charge in [0, 0.05) is 6.04 Å². The molecule has 0 saturated carbocycles. The summed E-state index contributed by atoms with van der Waals surface area (Å²) in [6, 6.07) is 0.684. The zero-order valence-corrected chi connectivity index (χ0v) is 10.0. The predicted molar refractivity (Wildman–Crippen MR) is 60.2 cm³/mol. The average Bonchev–Trinajstić information content (AvgIpc) is 2.11. The molecule has 0 bridgehead atoms. The summed E-state index contributed by atoms with van der Waals surface area (Å²) in [5, 5.41) is 0. The van der Waals surface area contributed by atoms with Gasteiger partial charge in [0.25, 0.3) is 0 Å². The average molecular weight is 186 g/mol. The Balaban J connectivity index is 3.25. The van der Waals surface area contributed by atoms with E-state index in [0.29, 0.717) is 6.04 Å². The van der Waals surface area contributed by atoms with Crippen LogP contribution in [0.3, 0.4) is 0 Å². The van der Waals surface area contributed by atoms with Crippen LogP contribution in [-0.2, 0) is 0 Å². The van der Waals surface area contributed by atoms with Crippen LogP contribution in [-0.4, -0.2) is 49.6 Å². The van der Waals surface area contributed by atoms with Gasteiger partial charge in [-0.15, -0.1) is 0 Å². The maximum Gasteiger partial charge on any atom is 0.00355 e. The van der Waals surface area contributed by atoms with E-state index in [1.54, 1.807) is 0 Å². The van der Waals surface area contributed by atoms with Crippen LogP contribution in [0, 0.1) is 0 Å². The highest BCUT2D eigenvalue weighted by Gasteiger charge is 2.02. The van der Waals surface area contributed by atoms with E-state index in [2.05, 4.69) is 44.7 Å². The maximum atomic E-state index is 2.41. The van der Waals surface area contributed by atoms with E-state index in [-0.39, 0.29) is 0 Å². The van der Waals surface area contributed by atoms with Gasteiger partial charge >= 0.3 is 0 Å². The molecule has 0 rings (SSSR count). The Kier molecular flexibility index (Phi) is 7.29. The molecule has 0 heterocycles. The highest BCUT2D eigenvalue weighted by Crippen LogP contribution is 1.98. The molecule has 0 aromatic heterocycles. The van der Waals surface area contributed by atoms with E-state index in [4.69, 9.17) is 0 Å². The number of nitrogens with zero attached hydrogens (tertiary/aromatic N) is 2. The third-order valence-corrected chi connectivity index (χ3v) is 2.72. The lowest BCUT2D eigenvalue weighted by Gasteiger charge is -2.21. The van der Waals surface area contributed by atoms with Gasteiger partial charge in [-0.25, -0.2) is 0 Å². The van der Waals surface area contributed by atoms with Crippen LogP contribution in [0.1, 0.15) is 33.6 Å². The summed E-state index contributed by atoms with van der Waals surface area (Å²) in [6.45, 7) is 10.3. The van der Waals surface area contributed by atoms with Gasteiger partial charge in [0.1, 0.15) is 0 Å². The first-order valence-corrected chi connectivity index (χ1v) is 5.46. The highest BCUT2D eigenvalue weighted by atomic mass is 15.1. The quantitative estimate of drug-likeness (QED) is 0.562. The summed E-state index contributed by atoms with van der Waals surface area (Å²) in [5.74, 6) is 0. The van der Waals surface area contributed by atoms with Gasteiger partial charge in [-0.05, 0) is 60.4 Å². The van der Waals surface area contributed by atoms with Crippen molar-refractivity contribution < 1.29 is 0 Å². The van der Waals surface area contributed by atoms with Gasteiger partial charge in [0.2, 0.25) is 0 Å². The molecule has 2 heteroatoms. The normalized spacial score (nSPS) is 12.0. The van der Waals surface area contributed by atoms with E-state index in [0.717, 1.165) is 0 Å². The van der Waals surface area contributed by atoms with Crippen LogP contribution in [0.25, 0.3) is 0 Å². The van der Waals surface area contributed by atoms with Crippen molar-refractivity contribution in [3.63, 3.8) is 0 Å². The predicted octanol–water partition coefficient (Wildman–Crippen LogP) is 2.06. The molecule has 0 atom stereocenters. The largest absolute Gasteiger partial charge is 0.307 e. The summed E-state index contributed by atoms with van der Waals surface area (Å²) in [4.78, 5) is 4.78. The fourth-order valence-electron chi connectivity index (χ4n) is 1.16. The Morgan fingerprint density at radius 1 is 1.00 bits per heavy atom. The lowest BCUT2D eigenvalue weighted by atomic mass is 10.2. The molecule has 0 N–H and O–H groups in total. The summed E-state index contributed by atoms with van der Waals surface area (Å²) in [7, 11) is 4.39. The van der Waals surface area contributed by atoms with Gasteiger partial charge in [-0.1, -0.05) is 6.92 Å². The van der Waals surface area contributed by atoms with Gasteiger partial charge in [0.05, 0.1) is 0 Å². The molecule has 0 aromatic carbocycles. The number of unbranched alkanes of at least 4 members (excludes halogenated alkanes) is 1. The van der Waals surface area contributed by atoms with Crippen molar-refractivity contribution in [2.75, 3.05) is 33.7 Å². The molecular weight excluding hydrogens is 160 g/mol. The molecular formula is C11H26N2. The van der Waals surface area contributed by atoms with E-state index >= 15 is 0 Å². The van der Waals surface area contributed by atoms with Crippen LogP contribution in [0.5, 0.6) is 0 Å². The molecule has 0 fully saturated rings. The van der Waals surface area contributed by atoms with E-state index < -0.39 is 0 Å². The third kappa shape index (κ3) is 7.03. The van der Waals surface area contributed by atoms with Gasteiger partial charge in [-0.3, -0.25) is 0 Å². The molecule has 13 heavy (non-hydrogen) atoms. The lowest BCUT2D eigenvalue weighted by Crippen LogP contribution is -2.28. The lowest BCUT2D eigenvalue weighted by molar-refractivity contribution is 0.258. The van der Waals surface area contributed by atoms with Crippen molar-refractivity contribution in [2.45, 2.75) is 39.7 Å². The molecule has 2 nitrogen and oxygen atoms in total. The monoisotopic (exact) mass is 186 g/mol. The SMILES string of the molecule is CCN(C)CCCCN(C)C(C)C. The van der Waals surface area contributed by atoms with Crippen LogP contribution >= 0.6 is 0 Å². The zero-order chi connectivity index (χ0) is 10.3. The summed E-state index contributed by atoms with van der Waals surface area (Å²) in [5.41, 5.74) is 0. The van der Waals surface area contributed by atoms with Crippen molar-refractivity contribution in [1.82, 2.24) is 9.80 Å². The standard InChI is InChI=1S/C11H26N2/c1-6-12(4)9-7-8-10-13(5)11(2)3/h11H,6-10H2,1-5H3. The van der Waals surface area contributed by atoms with Crippen molar-refractivity contribution in [3.8, 4) is 0 Å². The van der Waals surface area contributed by atoms with Gasteiger partial charge in [-0.2, -0.15) is 0 Å². The first kappa shape index (κ1) is 12.9. The second kappa shape index (κ2) is 7.34. The van der Waals surface area contributed by atoms with Crippen LogP contribution in [0.4, 0.5) is 0 Å². The Morgan fingerprint density at radius 2 is 1.54 bits per heavy atom. The smallest absolute Gasteiger partial charge is 0.00355 e.